The lowest BCUT2D eigenvalue weighted by Crippen LogP contribution is -2.25. The number of H-pyrrole nitrogens is 1. The molecule has 4 nitrogen and oxygen atoms in total. The van der Waals surface area contributed by atoms with Crippen LogP contribution < -0.4 is 5.32 Å². The van der Waals surface area contributed by atoms with Gasteiger partial charge in [-0.3, -0.25) is 9.89 Å². The maximum Gasteiger partial charge on any atom is 0.271 e. The molecule has 0 saturated heterocycles. The lowest BCUT2D eigenvalue weighted by atomic mass is 10.1. The number of aromatic amines is 1. The summed E-state index contributed by atoms with van der Waals surface area (Å²) < 4.78 is 0.888. The Morgan fingerprint density at radius 3 is 2.82 bits per heavy atom. The van der Waals surface area contributed by atoms with Crippen molar-refractivity contribution in [2.24, 2.45) is 0 Å². The normalized spacial score (nSPS) is 10.2. The molecule has 0 atom stereocenters. The van der Waals surface area contributed by atoms with Gasteiger partial charge < -0.3 is 5.32 Å². The summed E-state index contributed by atoms with van der Waals surface area (Å²) in [6.45, 7) is 0.660. The molecule has 0 bridgehead atoms. The lowest BCUT2D eigenvalue weighted by molar-refractivity contribution is 0.0951. The molecule has 1 aromatic carbocycles. The minimum absolute atomic E-state index is 0.139. The fourth-order valence-electron chi connectivity index (χ4n) is 1.45. The van der Waals surface area contributed by atoms with Crippen LogP contribution in [0.4, 0.5) is 0 Å². The minimum atomic E-state index is -0.139. The Labute approximate surface area is 113 Å². The van der Waals surface area contributed by atoms with Crippen LogP contribution in [0.2, 0.25) is 0 Å². The Morgan fingerprint density at radius 2 is 2.12 bits per heavy atom. The molecular formula is C12H12IN3O. The van der Waals surface area contributed by atoms with Crippen molar-refractivity contribution in [3.63, 3.8) is 0 Å². The molecule has 0 aliphatic carbocycles. The first-order valence-corrected chi connectivity index (χ1v) is 6.79. The first-order chi connectivity index (χ1) is 8.31. The molecule has 0 spiro atoms. The van der Waals surface area contributed by atoms with Gasteiger partial charge in [-0.1, -0.05) is 52.9 Å². The first kappa shape index (κ1) is 12.1. The summed E-state index contributed by atoms with van der Waals surface area (Å²) in [6, 6.07) is 11.6. The van der Waals surface area contributed by atoms with Gasteiger partial charge in [0.15, 0.2) is 5.69 Å². The highest BCUT2D eigenvalue weighted by atomic mass is 127. The SMILES string of the molecule is O=C(NCCI)c1cc(-c2ccccc2)[nH]n1. The minimum Gasteiger partial charge on any atom is -0.350 e. The van der Waals surface area contributed by atoms with Gasteiger partial charge in [-0.2, -0.15) is 5.10 Å². The Bertz CT molecular complexity index is 495. The van der Waals surface area contributed by atoms with E-state index in [-0.39, 0.29) is 5.91 Å². The highest BCUT2D eigenvalue weighted by Crippen LogP contribution is 2.16. The van der Waals surface area contributed by atoms with Crippen molar-refractivity contribution < 1.29 is 4.79 Å². The number of hydrogen-bond donors (Lipinski definition) is 2. The Kier molecular flexibility index (Phi) is 4.13. The number of hydrogen-bond acceptors (Lipinski definition) is 2. The molecule has 0 aliphatic rings. The fourth-order valence-corrected chi connectivity index (χ4v) is 1.72. The summed E-state index contributed by atoms with van der Waals surface area (Å²) in [5.74, 6) is -0.139. The van der Waals surface area contributed by atoms with Crippen LogP contribution in [-0.4, -0.2) is 27.1 Å². The van der Waals surface area contributed by atoms with Crippen LogP contribution >= 0.6 is 22.6 Å². The average molecular weight is 341 g/mol. The van der Waals surface area contributed by atoms with Gasteiger partial charge in [0, 0.05) is 11.0 Å². The maximum atomic E-state index is 11.7. The summed E-state index contributed by atoms with van der Waals surface area (Å²) >= 11 is 2.21. The van der Waals surface area contributed by atoms with Gasteiger partial charge in [0.1, 0.15) is 0 Å². The third-order valence-corrected chi connectivity index (χ3v) is 2.81. The van der Waals surface area contributed by atoms with E-state index in [0.29, 0.717) is 12.2 Å². The van der Waals surface area contributed by atoms with Crippen molar-refractivity contribution in [2.75, 3.05) is 11.0 Å². The van der Waals surface area contributed by atoms with Crippen LogP contribution in [0.25, 0.3) is 11.3 Å². The molecule has 0 fully saturated rings. The zero-order valence-corrected chi connectivity index (χ0v) is 11.3. The van der Waals surface area contributed by atoms with E-state index in [4.69, 9.17) is 0 Å². The lowest BCUT2D eigenvalue weighted by Gasteiger charge is -1.97. The molecule has 1 aromatic heterocycles. The highest BCUT2D eigenvalue weighted by Gasteiger charge is 2.10. The second kappa shape index (κ2) is 5.81. The quantitative estimate of drug-likeness (QED) is 0.662. The molecule has 88 valence electrons. The molecule has 1 heterocycles. The van der Waals surface area contributed by atoms with E-state index < -0.39 is 0 Å². The molecule has 0 aliphatic heterocycles. The van der Waals surface area contributed by atoms with Gasteiger partial charge in [-0.25, -0.2) is 0 Å². The standard InChI is InChI=1S/C12H12IN3O/c13-6-7-14-12(17)11-8-10(15-16-11)9-4-2-1-3-5-9/h1-5,8H,6-7H2,(H,14,17)(H,15,16). The van der Waals surface area contributed by atoms with E-state index >= 15 is 0 Å². The molecule has 17 heavy (non-hydrogen) atoms. The smallest absolute Gasteiger partial charge is 0.271 e. The van der Waals surface area contributed by atoms with Crippen LogP contribution in [0, 0.1) is 0 Å². The molecule has 1 amide bonds. The molecule has 0 unspecified atom stereocenters. The molecule has 2 N–H and O–H groups in total. The number of carbonyl (C=O) groups excluding carboxylic acids is 1. The van der Waals surface area contributed by atoms with Crippen LogP contribution in [0.3, 0.4) is 0 Å². The first-order valence-electron chi connectivity index (χ1n) is 5.26. The van der Waals surface area contributed by atoms with E-state index in [9.17, 15) is 4.79 Å². The number of aromatic nitrogens is 2. The van der Waals surface area contributed by atoms with Gasteiger partial charge in [0.25, 0.3) is 5.91 Å². The van der Waals surface area contributed by atoms with E-state index in [1.165, 1.54) is 0 Å². The van der Waals surface area contributed by atoms with Gasteiger partial charge in [0.05, 0.1) is 5.69 Å². The van der Waals surface area contributed by atoms with Crippen molar-refractivity contribution >= 4 is 28.5 Å². The van der Waals surface area contributed by atoms with Gasteiger partial charge >= 0.3 is 0 Å². The van der Waals surface area contributed by atoms with E-state index in [2.05, 4.69) is 38.1 Å². The monoisotopic (exact) mass is 341 g/mol. The number of nitrogens with one attached hydrogen (secondary N) is 2. The third kappa shape index (κ3) is 3.06. The molecule has 2 rings (SSSR count). The van der Waals surface area contributed by atoms with Crippen molar-refractivity contribution in [1.29, 1.82) is 0 Å². The third-order valence-electron chi connectivity index (χ3n) is 2.28. The molecule has 5 heteroatoms. The Balaban J connectivity index is 2.14. The largest absolute Gasteiger partial charge is 0.350 e. The van der Waals surface area contributed by atoms with Crippen molar-refractivity contribution in [2.45, 2.75) is 0 Å². The summed E-state index contributed by atoms with van der Waals surface area (Å²) in [5, 5.41) is 9.66. The van der Waals surface area contributed by atoms with E-state index in [1.807, 2.05) is 30.3 Å². The van der Waals surface area contributed by atoms with Crippen LogP contribution in [-0.2, 0) is 0 Å². The van der Waals surface area contributed by atoms with E-state index in [0.717, 1.165) is 15.7 Å². The zero-order chi connectivity index (χ0) is 12.1. The topological polar surface area (TPSA) is 57.8 Å². The Hall–Kier alpha value is -1.37. The van der Waals surface area contributed by atoms with Gasteiger partial charge in [0.2, 0.25) is 0 Å². The second-order valence-corrected chi connectivity index (χ2v) is 4.56. The molecule has 0 radical (unpaired) electrons. The number of carbonyl (C=O) groups is 1. The maximum absolute atomic E-state index is 11.7. The number of nitrogens with zero attached hydrogens (tertiary/aromatic N) is 1. The summed E-state index contributed by atoms with van der Waals surface area (Å²) in [4.78, 5) is 11.7. The second-order valence-electron chi connectivity index (χ2n) is 3.48. The predicted molar refractivity (Wildman–Crippen MR) is 75.2 cm³/mol. The van der Waals surface area contributed by atoms with Crippen molar-refractivity contribution in [1.82, 2.24) is 15.5 Å². The van der Waals surface area contributed by atoms with Crippen LogP contribution in [0.5, 0.6) is 0 Å². The highest BCUT2D eigenvalue weighted by molar-refractivity contribution is 14.1. The fraction of sp³-hybridized carbons (Fsp3) is 0.167. The summed E-state index contributed by atoms with van der Waals surface area (Å²) in [7, 11) is 0. The molecule has 2 aromatic rings. The number of benzene rings is 1. The summed E-state index contributed by atoms with van der Waals surface area (Å²) in [6.07, 6.45) is 0. The van der Waals surface area contributed by atoms with Gasteiger partial charge in [-0.05, 0) is 11.6 Å². The van der Waals surface area contributed by atoms with Gasteiger partial charge in [-0.15, -0.1) is 0 Å². The Morgan fingerprint density at radius 1 is 1.35 bits per heavy atom. The van der Waals surface area contributed by atoms with E-state index in [1.54, 1.807) is 6.07 Å². The van der Waals surface area contributed by atoms with Crippen molar-refractivity contribution in [3.05, 3.63) is 42.1 Å². The van der Waals surface area contributed by atoms with Crippen LogP contribution in [0.15, 0.2) is 36.4 Å². The van der Waals surface area contributed by atoms with Crippen molar-refractivity contribution in [3.8, 4) is 11.3 Å². The number of amides is 1. The predicted octanol–water partition coefficient (Wildman–Crippen LogP) is 2.24. The molecular weight excluding hydrogens is 329 g/mol. The average Bonchev–Trinajstić information content (AvgIpc) is 2.86. The zero-order valence-electron chi connectivity index (χ0n) is 9.11. The number of halogens is 1. The van der Waals surface area contributed by atoms with Crippen LogP contribution in [0.1, 0.15) is 10.5 Å². The summed E-state index contributed by atoms with van der Waals surface area (Å²) in [5.41, 5.74) is 2.30. The number of alkyl halides is 1. The molecule has 0 saturated carbocycles. The number of rotatable bonds is 4.